The Bertz CT molecular complexity index is 858. The smallest absolute Gasteiger partial charge is 0.270 e. The van der Waals surface area contributed by atoms with E-state index in [4.69, 9.17) is 11.6 Å². The van der Waals surface area contributed by atoms with Crippen molar-refractivity contribution in [1.82, 2.24) is 14.7 Å². The van der Waals surface area contributed by atoms with E-state index in [1.165, 1.54) is 12.1 Å². The number of carbonyl (C=O) groups is 1. The third-order valence-electron chi connectivity index (χ3n) is 3.59. The van der Waals surface area contributed by atoms with Gasteiger partial charge in [-0.3, -0.25) is 9.20 Å². The first-order chi connectivity index (χ1) is 11.0. The van der Waals surface area contributed by atoms with Gasteiger partial charge in [-0.25, -0.2) is 9.37 Å². The number of hydrogen-bond acceptors (Lipinski definition) is 2. The standard InChI is InChI=1S/C17H15ClFN3O/c1-11-16(22-9-7-13(18)10-15(22)21-11)17(23)20-8-6-12-2-4-14(19)5-3-12/h2-5,7,9-10H,6,8H2,1H3,(H,20,23). The van der Waals surface area contributed by atoms with Crippen LogP contribution in [-0.4, -0.2) is 21.8 Å². The van der Waals surface area contributed by atoms with Gasteiger partial charge in [-0.15, -0.1) is 0 Å². The van der Waals surface area contributed by atoms with Crippen LogP contribution in [0, 0.1) is 12.7 Å². The van der Waals surface area contributed by atoms with E-state index in [0.29, 0.717) is 35.0 Å². The Balaban J connectivity index is 1.71. The largest absolute Gasteiger partial charge is 0.350 e. The highest BCUT2D eigenvalue weighted by atomic mass is 35.5. The number of hydrogen-bond donors (Lipinski definition) is 1. The lowest BCUT2D eigenvalue weighted by atomic mass is 10.1. The van der Waals surface area contributed by atoms with Gasteiger partial charge < -0.3 is 5.32 Å². The summed E-state index contributed by atoms with van der Waals surface area (Å²) in [4.78, 5) is 16.8. The summed E-state index contributed by atoms with van der Waals surface area (Å²) in [5.74, 6) is -0.461. The van der Waals surface area contributed by atoms with E-state index in [2.05, 4.69) is 10.3 Å². The van der Waals surface area contributed by atoms with E-state index >= 15 is 0 Å². The second-order valence-corrected chi connectivity index (χ2v) is 5.69. The van der Waals surface area contributed by atoms with Crippen LogP contribution in [0.3, 0.4) is 0 Å². The Morgan fingerprint density at radius 3 is 2.78 bits per heavy atom. The molecule has 0 fully saturated rings. The molecule has 6 heteroatoms. The maximum atomic E-state index is 12.9. The van der Waals surface area contributed by atoms with Crippen molar-refractivity contribution in [2.24, 2.45) is 0 Å². The Hall–Kier alpha value is -2.40. The number of aromatic nitrogens is 2. The van der Waals surface area contributed by atoms with E-state index < -0.39 is 0 Å². The Kier molecular flexibility index (Phi) is 4.30. The van der Waals surface area contributed by atoms with Crippen LogP contribution in [0.15, 0.2) is 42.6 Å². The second-order valence-electron chi connectivity index (χ2n) is 5.25. The first kappa shape index (κ1) is 15.5. The van der Waals surface area contributed by atoms with Crippen molar-refractivity contribution in [3.8, 4) is 0 Å². The van der Waals surface area contributed by atoms with Gasteiger partial charge in [0.1, 0.15) is 17.2 Å². The number of fused-ring (bicyclic) bond motifs is 1. The molecule has 0 atom stereocenters. The highest BCUT2D eigenvalue weighted by Crippen LogP contribution is 2.16. The highest BCUT2D eigenvalue weighted by molar-refractivity contribution is 6.30. The predicted octanol–water partition coefficient (Wildman–Crippen LogP) is 3.41. The van der Waals surface area contributed by atoms with Crippen LogP contribution in [-0.2, 0) is 6.42 Å². The van der Waals surface area contributed by atoms with Crippen LogP contribution in [0.1, 0.15) is 21.7 Å². The molecule has 0 aliphatic carbocycles. The number of benzene rings is 1. The van der Waals surface area contributed by atoms with Gasteiger partial charge in [-0.05, 0) is 37.1 Å². The fourth-order valence-corrected chi connectivity index (χ4v) is 2.62. The molecule has 2 aromatic heterocycles. The lowest BCUT2D eigenvalue weighted by molar-refractivity contribution is 0.0947. The van der Waals surface area contributed by atoms with E-state index in [0.717, 1.165) is 5.56 Å². The van der Waals surface area contributed by atoms with Crippen LogP contribution in [0.5, 0.6) is 0 Å². The quantitative estimate of drug-likeness (QED) is 0.796. The van der Waals surface area contributed by atoms with Gasteiger partial charge in [0, 0.05) is 23.8 Å². The SMILES string of the molecule is Cc1nc2cc(Cl)ccn2c1C(=O)NCCc1ccc(F)cc1. The number of amides is 1. The minimum absolute atomic E-state index is 0.195. The summed E-state index contributed by atoms with van der Waals surface area (Å²) in [5.41, 5.74) is 2.74. The molecule has 0 radical (unpaired) electrons. The molecule has 0 bridgehead atoms. The summed E-state index contributed by atoms with van der Waals surface area (Å²) in [5, 5.41) is 3.44. The molecule has 1 aromatic carbocycles. The summed E-state index contributed by atoms with van der Waals surface area (Å²) >= 11 is 5.94. The summed E-state index contributed by atoms with van der Waals surface area (Å²) in [6.07, 6.45) is 2.36. The summed E-state index contributed by atoms with van der Waals surface area (Å²) in [7, 11) is 0. The minimum atomic E-state index is -0.266. The summed E-state index contributed by atoms with van der Waals surface area (Å²) < 4.78 is 14.6. The normalized spacial score (nSPS) is 10.9. The number of aryl methyl sites for hydroxylation is 1. The van der Waals surface area contributed by atoms with Crippen molar-refractivity contribution in [2.75, 3.05) is 6.54 Å². The minimum Gasteiger partial charge on any atom is -0.350 e. The lowest BCUT2D eigenvalue weighted by Crippen LogP contribution is -2.27. The summed E-state index contributed by atoms with van der Waals surface area (Å²) in [6, 6.07) is 9.67. The molecule has 1 N–H and O–H groups in total. The zero-order chi connectivity index (χ0) is 16.4. The zero-order valence-corrected chi connectivity index (χ0v) is 13.3. The van der Waals surface area contributed by atoms with Gasteiger partial charge in [0.2, 0.25) is 0 Å². The first-order valence-corrected chi connectivity index (χ1v) is 7.59. The Morgan fingerprint density at radius 1 is 1.30 bits per heavy atom. The van der Waals surface area contributed by atoms with E-state index in [1.54, 1.807) is 41.8 Å². The van der Waals surface area contributed by atoms with Gasteiger partial charge in [0.25, 0.3) is 5.91 Å². The maximum Gasteiger partial charge on any atom is 0.270 e. The number of rotatable bonds is 4. The van der Waals surface area contributed by atoms with Crippen LogP contribution < -0.4 is 5.32 Å². The molecule has 0 saturated heterocycles. The summed E-state index contributed by atoms with van der Waals surface area (Å²) in [6.45, 7) is 2.25. The molecule has 23 heavy (non-hydrogen) atoms. The van der Waals surface area contributed by atoms with Crippen molar-refractivity contribution >= 4 is 23.2 Å². The van der Waals surface area contributed by atoms with Gasteiger partial charge in [-0.1, -0.05) is 23.7 Å². The number of pyridine rings is 1. The molecule has 0 aliphatic heterocycles. The molecule has 0 aliphatic rings. The average molecular weight is 332 g/mol. The lowest BCUT2D eigenvalue weighted by Gasteiger charge is -2.06. The Labute approximate surface area is 137 Å². The molecule has 4 nitrogen and oxygen atoms in total. The molecule has 118 valence electrons. The van der Waals surface area contributed by atoms with Gasteiger partial charge in [0.15, 0.2) is 0 Å². The van der Waals surface area contributed by atoms with Gasteiger partial charge in [-0.2, -0.15) is 0 Å². The second kappa shape index (κ2) is 6.38. The molecular weight excluding hydrogens is 317 g/mol. The third-order valence-corrected chi connectivity index (χ3v) is 3.83. The third kappa shape index (κ3) is 3.35. The molecule has 0 saturated carbocycles. The van der Waals surface area contributed by atoms with E-state index in [1.807, 2.05) is 0 Å². The van der Waals surface area contributed by atoms with Gasteiger partial charge in [0.05, 0.1) is 5.69 Å². The fraction of sp³-hybridized carbons (Fsp3) is 0.176. The van der Waals surface area contributed by atoms with Crippen molar-refractivity contribution in [2.45, 2.75) is 13.3 Å². The van der Waals surface area contributed by atoms with Crippen molar-refractivity contribution in [3.63, 3.8) is 0 Å². The molecule has 3 rings (SSSR count). The average Bonchev–Trinajstić information content (AvgIpc) is 2.84. The van der Waals surface area contributed by atoms with Crippen LogP contribution in [0.25, 0.3) is 5.65 Å². The van der Waals surface area contributed by atoms with Crippen molar-refractivity contribution in [1.29, 1.82) is 0 Å². The topological polar surface area (TPSA) is 46.4 Å². The molecule has 2 heterocycles. The van der Waals surface area contributed by atoms with Gasteiger partial charge >= 0.3 is 0 Å². The molecule has 0 spiro atoms. The molecule has 1 amide bonds. The predicted molar refractivity (Wildman–Crippen MR) is 87.4 cm³/mol. The highest BCUT2D eigenvalue weighted by Gasteiger charge is 2.16. The van der Waals surface area contributed by atoms with E-state index in [-0.39, 0.29) is 11.7 Å². The number of nitrogens with one attached hydrogen (secondary N) is 1. The Morgan fingerprint density at radius 2 is 2.04 bits per heavy atom. The van der Waals surface area contributed by atoms with Crippen LogP contribution >= 0.6 is 11.6 Å². The van der Waals surface area contributed by atoms with Crippen LogP contribution in [0.2, 0.25) is 5.02 Å². The zero-order valence-electron chi connectivity index (χ0n) is 12.5. The number of halogens is 2. The fourth-order valence-electron chi connectivity index (χ4n) is 2.47. The number of nitrogens with zero attached hydrogens (tertiary/aromatic N) is 2. The van der Waals surface area contributed by atoms with Crippen molar-refractivity contribution < 1.29 is 9.18 Å². The molecule has 0 unspecified atom stereocenters. The van der Waals surface area contributed by atoms with Crippen LogP contribution in [0.4, 0.5) is 4.39 Å². The maximum absolute atomic E-state index is 12.9. The molecular formula is C17H15ClFN3O. The monoisotopic (exact) mass is 331 g/mol. The first-order valence-electron chi connectivity index (χ1n) is 7.21. The number of carbonyl (C=O) groups excluding carboxylic acids is 1. The molecule has 3 aromatic rings. The van der Waals surface area contributed by atoms with Crippen molar-refractivity contribution in [3.05, 3.63) is 70.4 Å². The number of imidazole rings is 1. The van der Waals surface area contributed by atoms with E-state index in [9.17, 15) is 9.18 Å².